The van der Waals surface area contributed by atoms with E-state index in [4.69, 9.17) is 9.15 Å². The van der Waals surface area contributed by atoms with E-state index in [-0.39, 0.29) is 31.0 Å². The third-order valence-corrected chi connectivity index (χ3v) is 4.27. The number of nitrogens with one attached hydrogen (secondary N) is 1. The van der Waals surface area contributed by atoms with Gasteiger partial charge in [0.1, 0.15) is 11.6 Å². The molecule has 2 aromatic rings. The minimum atomic E-state index is -1.07. The number of carbonyl (C=O) groups is 2. The zero-order valence-corrected chi connectivity index (χ0v) is 16.0. The van der Waals surface area contributed by atoms with E-state index in [1.54, 1.807) is 6.26 Å². The molecule has 6 heteroatoms. The highest BCUT2D eigenvalue weighted by atomic mass is 16.5. The minimum absolute atomic E-state index is 0.0689. The van der Waals surface area contributed by atoms with Gasteiger partial charge < -0.3 is 19.6 Å². The van der Waals surface area contributed by atoms with E-state index in [9.17, 15) is 14.7 Å². The van der Waals surface area contributed by atoms with Gasteiger partial charge in [-0.05, 0) is 45.7 Å². The molecule has 142 valence electrons. The number of amides is 1. The van der Waals surface area contributed by atoms with Crippen molar-refractivity contribution in [3.05, 3.63) is 35.1 Å². The van der Waals surface area contributed by atoms with E-state index in [0.29, 0.717) is 0 Å². The molecule has 0 spiro atoms. The van der Waals surface area contributed by atoms with Crippen LogP contribution >= 0.6 is 0 Å². The van der Waals surface area contributed by atoms with Crippen molar-refractivity contribution in [3.8, 4) is 0 Å². The van der Waals surface area contributed by atoms with Gasteiger partial charge in [0.2, 0.25) is 5.91 Å². The molecule has 6 nitrogen and oxygen atoms in total. The lowest BCUT2D eigenvalue weighted by molar-refractivity contribution is -0.142. The Kier molecular flexibility index (Phi) is 6.08. The lowest BCUT2D eigenvalue weighted by atomic mass is 10.0. The van der Waals surface area contributed by atoms with Crippen molar-refractivity contribution >= 4 is 22.8 Å². The fraction of sp³-hybridized carbons (Fsp3) is 0.500. The van der Waals surface area contributed by atoms with Crippen molar-refractivity contribution in [2.75, 3.05) is 6.61 Å². The number of rotatable bonds is 7. The first kappa shape index (κ1) is 20.0. The Hall–Kier alpha value is -2.34. The van der Waals surface area contributed by atoms with Gasteiger partial charge in [0, 0.05) is 24.0 Å². The van der Waals surface area contributed by atoms with Gasteiger partial charge in [0.15, 0.2) is 0 Å². The largest absolute Gasteiger partial charge is 0.480 e. The molecule has 0 radical (unpaired) electrons. The maximum Gasteiger partial charge on any atom is 0.326 e. The highest BCUT2D eigenvalue weighted by molar-refractivity contribution is 5.91. The molecule has 26 heavy (non-hydrogen) atoms. The van der Waals surface area contributed by atoms with E-state index in [2.05, 4.69) is 5.32 Å². The number of carbonyl (C=O) groups excluding carboxylic acids is 1. The molecule has 1 aromatic heterocycles. The maximum atomic E-state index is 12.3. The van der Waals surface area contributed by atoms with Gasteiger partial charge in [-0.15, -0.1) is 0 Å². The summed E-state index contributed by atoms with van der Waals surface area (Å²) in [6.07, 6.45) is 1.84. The number of hydrogen-bond donors (Lipinski definition) is 2. The molecule has 0 aliphatic heterocycles. The van der Waals surface area contributed by atoms with Gasteiger partial charge in [-0.2, -0.15) is 0 Å². The quantitative estimate of drug-likeness (QED) is 0.789. The van der Waals surface area contributed by atoms with Crippen LogP contribution in [0.2, 0.25) is 0 Å². The molecule has 2 rings (SSSR count). The summed E-state index contributed by atoms with van der Waals surface area (Å²) in [6, 6.07) is 2.93. The highest BCUT2D eigenvalue weighted by Crippen LogP contribution is 2.26. The zero-order chi connectivity index (χ0) is 19.5. The van der Waals surface area contributed by atoms with Crippen molar-refractivity contribution in [1.29, 1.82) is 0 Å². The first-order valence-electron chi connectivity index (χ1n) is 8.71. The van der Waals surface area contributed by atoms with E-state index in [1.807, 2.05) is 46.8 Å². The average molecular weight is 361 g/mol. The van der Waals surface area contributed by atoms with E-state index in [0.717, 1.165) is 27.7 Å². The zero-order valence-electron chi connectivity index (χ0n) is 16.0. The van der Waals surface area contributed by atoms with Gasteiger partial charge in [0.25, 0.3) is 0 Å². The normalized spacial score (nSPS) is 13.0. The fourth-order valence-electron chi connectivity index (χ4n) is 2.68. The number of aryl methyl sites for hydroxylation is 2. The van der Waals surface area contributed by atoms with Crippen molar-refractivity contribution in [2.45, 2.75) is 59.1 Å². The predicted molar refractivity (Wildman–Crippen MR) is 99.3 cm³/mol. The maximum absolute atomic E-state index is 12.3. The number of carboxylic acid groups (broad SMARTS) is 1. The van der Waals surface area contributed by atoms with Crippen molar-refractivity contribution in [2.24, 2.45) is 0 Å². The lowest BCUT2D eigenvalue weighted by Crippen LogP contribution is -2.42. The highest BCUT2D eigenvalue weighted by Gasteiger charge is 2.22. The average Bonchev–Trinajstić information content (AvgIpc) is 2.92. The predicted octanol–water partition coefficient (Wildman–Crippen LogP) is 3.37. The summed E-state index contributed by atoms with van der Waals surface area (Å²) in [5, 5.41) is 12.8. The van der Waals surface area contributed by atoms with Crippen LogP contribution in [0.3, 0.4) is 0 Å². The monoisotopic (exact) mass is 361 g/mol. The standard InChI is InChI=1S/C20H27NO5/c1-12-6-7-15-14(11-25-18(15)13(12)2)10-17(22)21-16(19(23)24)8-9-26-20(3,4)5/h6-7,11,16H,8-10H2,1-5H3,(H,21,22)(H,23,24). The Labute approximate surface area is 153 Å². The number of aliphatic carboxylic acids is 1. The van der Waals surface area contributed by atoms with E-state index in [1.165, 1.54) is 0 Å². The molecule has 1 aromatic carbocycles. The van der Waals surface area contributed by atoms with Crippen molar-refractivity contribution in [3.63, 3.8) is 0 Å². The van der Waals surface area contributed by atoms with Gasteiger partial charge in [-0.1, -0.05) is 12.1 Å². The fourth-order valence-corrected chi connectivity index (χ4v) is 2.68. The molecule has 1 atom stereocenters. The molecular formula is C20H27NO5. The molecule has 0 aliphatic carbocycles. The van der Waals surface area contributed by atoms with Crippen LogP contribution in [0.15, 0.2) is 22.8 Å². The molecule has 1 unspecified atom stereocenters. The summed E-state index contributed by atoms with van der Waals surface area (Å²) in [7, 11) is 0. The molecule has 0 bridgehead atoms. The van der Waals surface area contributed by atoms with Crippen LogP contribution in [0, 0.1) is 13.8 Å². The third kappa shape index (κ3) is 5.08. The molecule has 0 aliphatic rings. The first-order valence-corrected chi connectivity index (χ1v) is 8.71. The molecule has 0 fully saturated rings. The summed E-state index contributed by atoms with van der Waals surface area (Å²) in [6.45, 7) is 9.93. The van der Waals surface area contributed by atoms with Crippen LogP contribution in [-0.2, 0) is 20.7 Å². The number of hydrogen-bond acceptors (Lipinski definition) is 4. The Morgan fingerprint density at radius 3 is 2.58 bits per heavy atom. The molecule has 2 N–H and O–H groups in total. The van der Waals surface area contributed by atoms with E-state index < -0.39 is 12.0 Å². The Balaban J connectivity index is 2.02. The van der Waals surface area contributed by atoms with Crippen molar-refractivity contribution in [1.82, 2.24) is 5.32 Å². The van der Waals surface area contributed by atoms with Crippen LogP contribution < -0.4 is 5.32 Å². The summed E-state index contributed by atoms with van der Waals surface area (Å²) in [5.41, 5.74) is 3.32. The smallest absolute Gasteiger partial charge is 0.326 e. The Morgan fingerprint density at radius 2 is 1.96 bits per heavy atom. The number of benzene rings is 1. The van der Waals surface area contributed by atoms with Crippen LogP contribution in [0.5, 0.6) is 0 Å². The second kappa shape index (κ2) is 7.91. The minimum Gasteiger partial charge on any atom is -0.480 e. The lowest BCUT2D eigenvalue weighted by Gasteiger charge is -2.21. The third-order valence-electron chi connectivity index (χ3n) is 4.27. The second-order valence-corrected chi connectivity index (χ2v) is 7.53. The topological polar surface area (TPSA) is 88.8 Å². The SMILES string of the molecule is Cc1ccc2c(CC(=O)NC(CCOC(C)(C)C)C(=O)O)coc2c1C. The molecule has 0 saturated heterocycles. The second-order valence-electron chi connectivity index (χ2n) is 7.53. The van der Waals surface area contributed by atoms with Crippen LogP contribution in [0.1, 0.15) is 43.9 Å². The first-order chi connectivity index (χ1) is 12.1. The summed E-state index contributed by atoms with van der Waals surface area (Å²) in [4.78, 5) is 23.7. The van der Waals surface area contributed by atoms with Crippen LogP contribution in [0.4, 0.5) is 0 Å². The molecule has 1 heterocycles. The van der Waals surface area contributed by atoms with Crippen molar-refractivity contribution < 1.29 is 23.8 Å². The number of carboxylic acids is 1. The van der Waals surface area contributed by atoms with Gasteiger partial charge in [0.05, 0.1) is 18.3 Å². The summed E-state index contributed by atoms with van der Waals surface area (Å²) >= 11 is 0. The van der Waals surface area contributed by atoms with Crippen LogP contribution in [-0.4, -0.2) is 35.2 Å². The number of ether oxygens (including phenoxy) is 1. The van der Waals surface area contributed by atoms with Gasteiger partial charge in [-0.25, -0.2) is 4.79 Å². The van der Waals surface area contributed by atoms with Gasteiger partial charge >= 0.3 is 5.97 Å². The summed E-state index contributed by atoms with van der Waals surface area (Å²) in [5.74, 6) is -1.42. The summed E-state index contributed by atoms with van der Waals surface area (Å²) < 4.78 is 11.1. The molecule has 1 amide bonds. The number of fused-ring (bicyclic) bond motifs is 1. The van der Waals surface area contributed by atoms with Crippen LogP contribution in [0.25, 0.3) is 11.0 Å². The Morgan fingerprint density at radius 1 is 1.27 bits per heavy atom. The van der Waals surface area contributed by atoms with Gasteiger partial charge in [-0.3, -0.25) is 4.79 Å². The van der Waals surface area contributed by atoms with E-state index >= 15 is 0 Å². The molecule has 0 saturated carbocycles. The Bertz CT molecular complexity index is 800. The number of furan rings is 1. The molecular weight excluding hydrogens is 334 g/mol.